The predicted molar refractivity (Wildman–Crippen MR) is 81.8 cm³/mol. The fourth-order valence-corrected chi connectivity index (χ4v) is 3.42. The van der Waals surface area contributed by atoms with E-state index in [1.807, 2.05) is 18.2 Å². The molecule has 0 aliphatic carbocycles. The van der Waals surface area contributed by atoms with E-state index in [-0.39, 0.29) is 11.6 Å². The summed E-state index contributed by atoms with van der Waals surface area (Å²) in [5.74, 6) is 0. The van der Waals surface area contributed by atoms with E-state index in [0.717, 1.165) is 5.52 Å². The van der Waals surface area contributed by atoms with Crippen LogP contribution in [0.25, 0.3) is 10.9 Å². The summed E-state index contributed by atoms with van der Waals surface area (Å²) in [5.41, 5.74) is 1.09. The molecule has 0 fully saturated rings. The van der Waals surface area contributed by atoms with Gasteiger partial charge in [0.2, 0.25) is 0 Å². The summed E-state index contributed by atoms with van der Waals surface area (Å²) in [6.45, 7) is 0. The molecule has 5 N–H and O–H groups in total. The first kappa shape index (κ1) is 15.3. The zero-order valence-corrected chi connectivity index (χ0v) is 12.1. The summed E-state index contributed by atoms with van der Waals surface area (Å²) >= 11 is 0.297. The second-order valence-electron chi connectivity index (χ2n) is 3.76. The molecule has 0 spiro atoms. The molecule has 0 amide bonds. The van der Waals surface area contributed by atoms with E-state index >= 15 is 0 Å². The summed E-state index contributed by atoms with van der Waals surface area (Å²) in [6.07, 6.45) is 0. The number of hydrogen-bond donors (Lipinski definition) is 1. The van der Waals surface area contributed by atoms with Crippen LogP contribution in [0.2, 0.25) is 0 Å². The number of rotatable bonds is 2. The molecule has 0 saturated carbocycles. The molecular formula is C15H16N2OSe. The van der Waals surface area contributed by atoms with Crippen molar-refractivity contribution in [1.82, 2.24) is 11.1 Å². The van der Waals surface area contributed by atoms with E-state index in [2.05, 4.69) is 48.5 Å². The van der Waals surface area contributed by atoms with Crippen LogP contribution in [0.1, 0.15) is 0 Å². The van der Waals surface area contributed by atoms with Gasteiger partial charge in [-0.3, -0.25) is 0 Å². The molecule has 0 radical (unpaired) electrons. The normalized spacial score (nSPS) is 9.47. The first-order valence-corrected chi connectivity index (χ1v) is 7.22. The quantitative estimate of drug-likeness (QED) is 0.721. The van der Waals surface area contributed by atoms with Crippen molar-refractivity contribution >= 4 is 34.9 Å². The molecule has 3 rings (SSSR count). The molecule has 0 aliphatic rings. The summed E-state index contributed by atoms with van der Waals surface area (Å²) < 4.78 is 2.55. The molecule has 4 heteroatoms. The van der Waals surface area contributed by atoms with Crippen LogP contribution in [-0.4, -0.2) is 25.4 Å². The summed E-state index contributed by atoms with van der Waals surface area (Å²) in [7, 11) is 0. The Labute approximate surface area is 118 Å². The Morgan fingerprint density at radius 2 is 1.42 bits per heavy atom. The first-order chi connectivity index (χ1) is 8.42. The Balaban J connectivity index is 0.000000902. The summed E-state index contributed by atoms with van der Waals surface area (Å²) in [4.78, 5) is 4.70. The van der Waals surface area contributed by atoms with Crippen LogP contribution in [0, 0.1) is 0 Å². The molecule has 0 unspecified atom stereocenters. The number of hydrogen-bond acceptors (Lipinski definition) is 2. The van der Waals surface area contributed by atoms with Gasteiger partial charge in [0, 0.05) is 0 Å². The molecule has 0 aliphatic heterocycles. The van der Waals surface area contributed by atoms with Gasteiger partial charge in [0.25, 0.3) is 0 Å². The van der Waals surface area contributed by atoms with Crippen LogP contribution < -0.4 is 15.2 Å². The van der Waals surface area contributed by atoms with Gasteiger partial charge < -0.3 is 11.6 Å². The maximum absolute atomic E-state index is 4.70. The molecule has 0 atom stereocenters. The zero-order chi connectivity index (χ0) is 11.5. The fourth-order valence-electron chi connectivity index (χ4n) is 1.71. The maximum atomic E-state index is 4.70. The van der Waals surface area contributed by atoms with Crippen molar-refractivity contribution in [2.24, 2.45) is 0 Å². The van der Waals surface area contributed by atoms with Crippen molar-refractivity contribution in [3.8, 4) is 0 Å². The number of para-hydroxylation sites is 1. The van der Waals surface area contributed by atoms with Crippen molar-refractivity contribution < 1.29 is 5.48 Å². The molecule has 1 aromatic heterocycles. The standard InChI is InChI=1S/C15H11NSe.H3N.H2O/c1-2-7-13(8-3-1)17-15-11-10-12-6-4-5-9-14(12)16-15;;/h1-11H;1H3;1H2. The third-order valence-corrected chi connectivity index (χ3v) is 4.52. The number of pyridine rings is 1. The third-order valence-electron chi connectivity index (χ3n) is 2.54. The molecule has 3 nitrogen and oxygen atoms in total. The van der Waals surface area contributed by atoms with Gasteiger partial charge in [0.05, 0.1) is 0 Å². The van der Waals surface area contributed by atoms with Crippen molar-refractivity contribution in [2.75, 3.05) is 0 Å². The monoisotopic (exact) mass is 320 g/mol. The second-order valence-corrected chi connectivity index (χ2v) is 6.05. The number of aromatic nitrogens is 1. The number of benzene rings is 2. The van der Waals surface area contributed by atoms with Gasteiger partial charge >= 0.3 is 107 Å². The molecule has 0 saturated heterocycles. The Hall–Kier alpha value is -1.71. The Morgan fingerprint density at radius 3 is 2.21 bits per heavy atom. The van der Waals surface area contributed by atoms with Crippen molar-refractivity contribution in [2.45, 2.75) is 0 Å². The third kappa shape index (κ3) is 3.63. The van der Waals surface area contributed by atoms with Gasteiger partial charge in [-0.1, -0.05) is 0 Å². The number of fused-ring (bicyclic) bond motifs is 1. The Kier molecular flexibility index (Phi) is 5.67. The van der Waals surface area contributed by atoms with E-state index in [9.17, 15) is 0 Å². The average molecular weight is 319 g/mol. The molecular weight excluding hydrogens is 303 g/mol. The van der Waals surface area contributed by atoms with Crippen molar-refractivity contribution in [3.63, 3.8) is 0 Å². The Bertz CT molecular complexity index is 644. The second kappa shape index (κ2) is 7.02. The fraction of sp³-hybridized carbons (Fsp3) is 0. The van der Waals surface area contributed by atoms with Crippen LogP contribution in [0.5, 0.6) is 0 Å². The summed E-state index contributed by atoms with van der Waals surface area (Å²) in [6, 6.07) is 23.1. The van der Waals surface area contributed by atoms with Gasteiger partial charge in [-0.25, -0.2) is 0 Å². The van der Waals surface area contributed by atoms with E-state index < -0.39 is 0 Å². The van der Waals surface area contributed by atoms with Gasteiger partial charge in [0.1, 0.15) is 0 Å². The van der Waals surface area contributed by atoms with Crippen molar-refractivity contribution in [3.05, 3.63) is 66.7 Å². The molecule has 19 heavy (non-hydrogen) atoms. The SMILES string of the molecule is N.O.c1ccc([Se]c2ccc3ccccc3n2)cc1. The van der Waals surface area contributed by atoms with Gasteiger partial charge in [-0.05, 0) is 0 Å². The van der Waals surface area contributed by atoms with Crippen LogP contribution in [0.15, 0.2) is 66.7 Å². The molecule has 1 heterocycles. The van der Waals surface area contributed by atoms with E-state index in [1.54, 1.807) is 0 Å². The molecule has 3 aromatic rings. The van der Waals surface area contributed by atoms with E-state index in [0.29, 0.717) is 15.0 Å². The number of nitrogens with zero attached hydrogens (tertiary/aromatic N) is 1. The van der Waals surface area contributed by atoms with Crippen molar-refractivity contribution in [1.29, 1.82) is 0 Å². The van der Waals surface area contributed by atoms with Crippen LogP contribution in [0.3, 0.4) is 0 Å². The average Bonchev–Trinajstić information content (AvgIpc) is 2.40. The van der Waals surface area contributed by atoms with Gasteiger partial charge in [0.15, 0.2) is 0 Å². The van der Waals surface area contributed by atoms with Crippen LogP contribution in [-0.2, 0) is 0 Å². The molecule has 2 aromatic carbocycles. The predicted octanol–water partition coefficient (Wildman–Crippen LogP) is 1.23. The topological polar surface area (TPSA) is 79.4 Å². The minimum absolute atomic E-state index is 0. The zero-order valence-electron chi connectivity index (χ0n) is 10.4. The molecule has 0 bridgehead atoms. The minimum atomic E-state index is 0. The first-order valence-electron chi connectivity index (χ1n) is 5.50. The van der Waals surface area contributed by atoms with Crippen LogP contribution in [0.4, 0.5) is 0 Å². The Morgan fingerprint density at radius 1 is 0.737 bits per heavy atom. The molecule has 98 valence electrons. The van der Waals surface area contributed by atoms with E-state index in [1.165, 1.54) is 14.4 Å². The summed E-state index contributed by atoms with van der Waals surface area (Å²) in [5, 5.41) is 1.21. The van der Waals surface area contributed by atoms with Gasteiger partial charge in [-0.15, -0.1) is 0 Å². The van der Waals surface area contributed by atoms with Crippen LogP contribution >= 0.6 is 0 Å². The van der Waals surface area contributed by atoms with E-state index in [4.69, 9.17) is 4.98 Å². The van der Waals surface area contributed by atoms with Gasteiger partial charge in [-0.2, -0.15) is 0 Å².